The first-order valence-corrected chi connectivity index (χ1v) is 28.7. The summed E-state index contributed by atoms with van der Waals surface area (Å²) in [5.41, 5.74) is 8.39. The van der Waals surface area contributed by atoms with E-state index in [1.54, 1.807) is 24.1 Å². The van der Waals surface area contributed by atoms with Crippen LogP contribution in [-0.2, 0) is 27.8 Å². The summed E-state index contributed by atoms with van der Waals surface area (Å²) >= 11 is 0. The molecule has 0 saturated heterocycles. The number of nitrogens with zero attached hydrogens (tertiary/aromatic N) is 1. The van der Waals surface area contributed by atoms with Gasteiger partial charge in [-0.25, -0.2) is 0 Å². The maximum atomic E-state index is 14.1. The maximum Gasteiger partial charge on any atom is 0.254 e. The van der Waals surface area contributed by atoms with Gasteiger partial charge in [-0.1, -0.05) is 56.5 Å². The molecule has 78 heavy (non-hydrogen) atoms. The van der Waals surface area contributed by atoms with E-state index in [-0.39, 0.29) is 91.8 Å². The van der Waals surface area contributed by atoms with Crippen molar-refractivity contribution in [1.82, 2.24) is 10.2 Å². The van der Waals surface area contributed by atoms with E-state index in [0.717, 1.165) is 85.6 Å². The molecular formula is C63H73N3O12. The van der Waals surface area contributed by atoms with Crippen LogP contribution in [0.1, 0.15) is 140 Å². The zero-order chi connectivity index (χ0) is 53.8. The van der Waals surface area contributed by atoms with Gasteiger partial charge in [0, 0.05) is 76.1 Å². The van der Waals surface area contributed by atoms with Crippen molar-refractivity contribution in [3.05, 3.63) is 105 Å². The van der Waals surface area contributed by atoms with Gasteiger partial charge in [-0.3, -0.25) is 19.8 Å². The van der Waals surface area contributed by atoms with Crippen molar-refractivity contribution in [2.24, 2.45) is 35.5 Å². The molecule has 3 saturated carbocycles. The molecule has 3 fully saturated rings. The Kier molecular flexibility index (Phi) is 13.1. The minimum atomic E-state index is -1.07. The molecule has 11 atom stereocenters. The number of nitrogens with one attached hydrogen (secondary N) is 2. The fourth-order valence-corrected chi connectivity index (χ4v) is 17.5. The third kappa shape index (κ3) is 7.53. The van der Waals surface area contributed by atoms with Crippen molar-refractivity contribution in [2.45, 2.75) is 119 Å². The Morgan fingerprint density at radius 1 is 0.859 bits per heavy atom. The SMILES string of the molecule is CCNCOc1cc(OC)c2c3c1[C@@H](O)Nc1cc4c(c(c1-3)CC2)[C@@H](O)[C@H](c1cc(OC)c(O)c(OC[C@H](CO)[C@]23c5c6cccc5[C@@H]5C[C@@H](CCCO)[C@H](C[C@@H](C7(N8C(=O)C=CC8=O)CCCCC7)[C@@H]2C=C6)[C@H]3C5)c1)CO4. The number of fused-ring (bicyclic) bond motifs is 4. The molecule has 3 heterocycles. The van der Waals surface area contributed by atoms with Gasteiger partial charge >= 0.3 is 0 Å². The Hall–Kier alpha value is -6.10. The molecule has 0 spiro atoms. The molecule has 7 N–H and O–H groups in total. The lowest BCUT2D eigenvalue weighted by molar-refractivity contribution is -0.163. The second kappa shape index (κ2) is 19.9. The monoisotopic (exact) mass is 1060 g/mol. The Balaban J connectivity index is 0.888. The van der Waals surface area contributed by atoms with E-state index < -0.39 is 35.1 Å². The molecule has 3 aliphatic heterocycles. The largest absolute Gasteiger partial charge is 0.502 e. The van der Waals surface area contributed by atoms with Crippen LogP contribution >= 0.6 is 0 Å². The molecule has 0 aromatic heterocycles. The summed E-state index contributed by atoms with van der Waals surface area (Å²) < 4.78 is 31.6. The van der Waals surface area contributed by atoms with Crippen LogP contribution in [0, 0.1) is 35.5 Å². The molecule has 4 aromatic carbocycles. The fourth-order valence-electron chi connectivity index (χ4n) is 17.5. The second-order valence-corrected chi connectivity index (χ2v) is 23.6. The number of ether oxygens (including phenoxy) is 5. The van der Waals surface area contributed by atoms with E-state index in [4.69, 9.17) is 23.7 Å². The Labute approximate surface area is 455 Å². The molecular weight excluding hydrogens is 991 g/mol. The second-order valence-electron chi connectivity index (χ2n) is 23.6. The summed E-state index contributed by atoms with van der Waals surface area (Å²) in [6.07, 6.45) is 15.1. The topological polar surface area (TPSA) is 209 Å². The number of aliphatic hydroxyl groups excluding tert-OH is 4. The Morgan fingerprint density at radius 3 is 2.40 bits per heavy atom. The number of aromatic hydroxyl groups is 1. The van der Waals surface area contributed by atoms with Gasteiger partial charge in [0.05, 0.1) is 51.2 Å². The molecule has 2 bridgehead atoms. The van der Waals surface area contributed by atoms with Crippen molar-refractivity contribution in [3.8, 4) is 45.6 Å². The predicted octanol–water partition coefficient (Wildman–Crippen LogP) is 8.48. The lowest BCUT2D eigenvalue weighted by Crippen LogP contribution is -2.69. The zero-order valence-electron chi connectivity index (χ0n) is 44.9. The highest BCUT2D eigenvalue weighted by Crippen LogP contribution is 2.72. The Bertz CT molecular complexity index is 3110. The first-order chi connectivity index (χ1) is 38.0. The van der Waals surface area contributed by atoms with Gasteiger partial charge in [0.1, 0.15) is 24.0 Å². The molecule has 6 aliphatic carbocycles. The number of carbonyl (C=O) groups excluding carboxylic acids is 2. The van der Waals surface area contributed by atoms with Crippen molar-refractivity contribution in [2.75, 3.05) is 59.2 Å². The smallest absolute Gasteiger partial charge is 0.254 e. The lowest BCUT2D eigenvalue weighted by Gasteiger charge is -2.69. The number of phenols is 1. The van der Waals surface area contributed by atoms with Crippen LogP contribution in [0.25, 0.3) is 17.2 Å². The average molecular weight is 1060 g/mol. The van der Waals surface area contributed by atoms with Crippen molar-refractivity contribution in [1.29, 1.82) is 0 Å². The van der Waals surface area contributed by atoms with Crippen LogP contribution in [0.4, 0.5) is 5.69 Å². The van der Waals surface area contributed by atoms with E-state index in [1.807, 2.05) is 19.1 Å². The normalized spacial score (nSPS) is 29.5. The summed E-state index contributed by atoms with van der Waals surface area (Å²) in [4.78, 5) is 29.8. The highest BCUT2D eigenvalue weighted by molar-refractivity contribution is 6.13. The van der Waals surface area contributed by atoms with Gasteiger partial charge in [0.25, 0.3) is 11.8 Å². The number of anilines is 1. The standard InChI is InChI=1S/C63H73N3O12/c1-4-64-32-78-49-28-47(74-2)39-14-15-40-54-46(65-61(73)57(49)56(39)54)27-48-55(40)59(71)42(31-77-48)36-24-50(75-3)60(72)51(25-36)76-30-37(29-68)63-43-16-13-33-10-8-12-38(58(33)63)35-22-34(11-9-21-67)41(44(63)23-35)26-45(43)62(19-6-5-7-20-62)66-52(69)17-18-53(66)70/h8,10,12-13,16-18,24-25,27-28,34-35,37,41-45,59,61,64-65,67-68,71-73H,4-7,9,11,14-15,19-23,26,29-32H2,1-3H3/t34-,35-,37+,41+,42+,43+,44-,45-,59+,61-,63+/m1/s1. The molecule has 0 unspecified atom stereocenters. The number of hydrogen-bond donors (Lipinski definition) is 7. The van der Waals surface area contributed by atoms with Crippen LogP contribution in [0.2, 0.25) is 0 Å². The zero-order valence-corrected chi connectivity index (χ0v) is 44.9. The summed E-state index contributed by atoms with van der Waals surface area (Å²) in [5.74, 6) is 0.810. The number of hydrogen-bond acceptors (Lipinski definition) is 14. The van der Waals surface area contributed by atoms with Crippen molar-refractivity contribution in [3.63, 3.8) is 0 Å². The number of rotatable bonds is 17. The quantitative estimate of drug-likeness (QED) is 0.0301. The number of allylic oxidation sites excluding steroid dienone is 1. The molecule has 15 nitrogen and oxygen atoms in total. The van der Waals surface area contributed by atoms with Gasteiger partial charge < -0.3 is 54.5 Å². The number of carbonyl (C=O) groups is 2. The van der Waals surface area contributed by atoms with E-state index in [1.165, 1.54) is 30.4 Å². The highest BCUT2D eigenvalue weighted by Gasteiger charge is 2.69. The van der Waals surface area contributed by atoms with E-state index >= 15 is 0 Å². The van der Waals surface area contributed by atoms with Crippen LogP contribution in [0.3, 0.4) is 0 Å². The van der Waals surface area contributed by atoms with Crippen LogP contribution < -0.4 is 34.3 Å². The number of methoxy groups -OCH3 is 2. The molecule has 9 aliphatic rings. The van der Waals surface area contributed by atoms with Gasteiger partial charge in [0.2, 0.25) is 5.75 Å². The van der Waals surface area contributed by atoms with E-state index in [0.29, 0.717) is 71.4 Å². The van der Waals surface area contributed by atoms with E-state index in [9.17, 15) is 35.1 Å². The first-order valence-electron chi connectivity index (χ1n) is 28.7. The minimum absolute atomic E-state index is 0.0277. The van der Waals surface area contributed by atoms with E-state index in [2.05, 4.69) is 41.0 Å². The average Bonchev–Trinajstić information content (AvgIpc) is 1.98. The maximum absolute atomic E-state index is 14.1. The molecule has 0 radical (unpaired) electrons. The van der Waals surface area contributed by atoms with Crippen LogP contribution in [0.5, 0.6) is 34.5 Å². The number of amides is 2. The molecule has 2 amide bonds. The molecule has 15 heteroatoms. The first kappa shape index (κ1) is 51.3. The predicted molar refractivity (Wildman–Crippen MR) is 292 cm³/mol. The van der Waals surface area contributed by atoms with Crippen molar-refractivity contribution < 1.29 is 58.8 Å². The molecule has 4 aromatic rings. The minimum Gasteiger partial charge on any atom is -0.502 e. The van der Waals surface area contributed by atoms with Crippen LogP contribution in [0.15, 0.2) is 60.7 Å². The van der Waals surface area contributed by atoms with Gasteiger partial charge in [0.15, 0.2) is 17.7 Å². The Morgan fingerprint density at radius 2 is 1.64 bits per heavy atom. The number of phenolic OH excluding ortho intramolecular Hbond substituents is 1. The van der Waals surface area contributed by atoms with Gasteiger partial charge in [-0.05, 0) is 140 Å². The van der Waals surface area contributed by atoms with Crippen molar-refractivity contribution >= 4 is 23.6 Å². The molecule has 13 rings (SSSR count). The summed E-state index contributed by atoms with van der Waals surface area (Å²) in [5, 5.41) is 65.5. The van der Waals surface area contributed by atoms with Gasteiger partial charge in [-0.15, -0.1) is 0 Å². The third-order valence-corrected chi connectivity index (χ3v) is 20.5. The molecule has 412 valence electrons. The number of imide groups is 1. The summed E-state index contributed by atoms with van der Waals surface area (Å²) in [6, 6.07) is 13.8. The summed E-state index contributed by atoms with van der Waals surface area (Å²) in [7, 11) is 3.12. The third-order valence-electron chi connectivity index (χ3n) is 20.5. The lowest BCUT2D eigenvalue weighted by atomic mass is 9.36. The number of aliphatic hydroxyl groups is 4. The fraction of sp³-hybridized carbons (Fsp3) is 0.524. The van der Waals surface area contributed by atoms with Crippen LogP contribution in [-0.4, -0.2) is 102 Å². The highest BCUT2D eigenvalue weighted by atomic mass is 16.5. The summed E-state index contributed by atoms with van der Waals surface area (Å²) in [6.45, 7) is 2.94. The number of benzene rings is 4. The van der Waals surface area contributed by atoms with Gasteiger partial charge in [-0.2, -0.15) is 0 Å².